The van der Waals surface area contributed by atoms with Gasteiger partial charge in [-0.3, -0.25) is 14.5 Å². The Morgan fingerprint density at radius 2 is 1.74 bits per heavy atom. The van der Waals surface area contributed by atoms with Crippen molar-refractivity contribution < 1.29 is 19.4 Å². The molecule has 2 atom stereocenters. The molecule has 0 aromatic heterocycles. The van der Waals surface area contributed by atoms with E-state index < -0.39 is 6.29 Å². The SMILES string of the molecule is COC(O)CC(C)CN1C(=O)c2ccccc2C1=O. The second-order valence-electron chi connectivity index (χ2n) is 4.80. The molecule has 1 aliphatic heterocycles. The lowest BCUT2D eigenvalue weighted by Gasteiger charge is -2.20. The van der Waals surface area contributed by atoms with Crippen LogP contribution in [-0.4, -0.2) is 41.8 Å². The van der Waals surface area contributed by atoms with Crippen LogP contribution in [0, 0.1) is 5.92 Å². The largest absolute Gasteiger partial charge is 0.368 e. The number of imide groups is 1. The zero-order valence-electron chi connectivity index (χ0n) is 11.0. The van der Waals surface area contributed by atoms with Crippen LogP contribution in [-0.2, 0) is 4.74 Å². The highest BCUT2D eigenvalue weighted by Gasteiger charge is 2.35. The van der Waals surface area contributed by atoms with Crippen LogP contribution in [0.25, 0.3) is 0 Å². The highest BCUT2D eigenvalue weighted by molar-refractivity contribution is 6.21. The number of ether oxygens (including phenoxy) is 1. The molecule has 19 heavy (non-hydrogen) atoms. The van der Waals surface area contributed by atoms with Crippen LogP contribution in [0.15, 0.2) is 24.3 Å². The summed E-state index contributed by atoms with van der Waals surface area (Å²) in [7, 11) is 1.42. The number of aliphatic hydroxyl groups is 1. The zero-order valence-corrected chi connectivity index (χ0v) is 11.0. The number of fused-ring (bicyclic) bond motifs is 1. The molecule has 1 heterocycles. The van der Waals surface area contributed by atoms with Crippen LogP contribution in [0.2, 0.25) is 0 Å². The van der Waals surface area contributed by atoms with Crippen molar-refractivity contribution in [1.29, 1.82) is 0 Å². The monoisotopic (exact) mass is 263 g/mol. The Labute approximate surface area is 111 Å². The van der Waals surface area contributed by atoms with Gasteiger partial charge in [-0.15, -0.1) is 0 Å². The van der Waals surface area contributed by atoms with E-state index in [4.69, 9.17) is 4.74 Å². The van der Waals surface area contributed by atoms with E-state index in [0.717, 1.165) is 0 Å². The number of nitrogens with zero attached hydrogens (tertiary/aromatic N) is 1. The van der Waals surface area contributed by atoms with Crippen molar-refractivity contribution >= 4 is 11.8 Å². The summed E-state index contributed by atoms with van der Waals surface area (Å²) in [5.41, 5.74) is 0.902. The zero-order chi connectivity index (χ0) is 14.0. The minimum absolute atomic E-state index is 0.0304. The summed E-state index contributed by atoms with van der Waals surface area (Å²) in [4.78, 5) is 25.5. The van der Waals surface area contributed by atoms with Gasteiger partial charge in [-0.2, -0.15) is 0 Å². The Morgan fingerprint density at radius 3 is 2.21 bits per heavy atom. The molecule has 5 nitrogen and oxygen atoms in total. The van der Waals surface area contributed by atoms with E-state index in [0.29, 0.717) is 17.5 Å². The Morgan fingerprint density at radius 1 is 1.21 bits per heavy atom. The summed E-state index contributed by atoms with van der Waals surface area (Å²) in [6.07, 6.45) is -0.491. The molecule has 0 aliphatic carbocycles. The summed E-state index contributed by atoms with van der Waals surface area (Å²) < 4.78 is 4.77. The number of hydrogen-bond acceptors (Lipinski definition) is 4. The predicted octanol–water partition coefficient (Wildman–Crippen LogP) is 1.27. The topological polar surface area (TPSA) is 66.8 Å². The number of methoxy groups -OCH3 is 1. The molecule has 1 N–H and O–H groups in total. The summed E-state index contributed by atoms with van der Waals surface area (Å²) in [6.45, 7) is 2.15. The van der Waals surface area contributed by atoms with Gasteiger partial charge in [0, 0.05) is 20.1 Å². The van der Waals surface area contributed by atoms with Gasteiger partial charge in [-0.25, -0.2) is 0 Å². The summed E-state index contributed by atoms with van der Waals surface area (Å²) in [5, 5.41) is 9.40. The highest BCUT2D eigenvalue weighted by Crippen LogP contribution is 2.24. The normalized spacial score (nSPS) is 17.5. The van der Waals surface area contributed by atoms with E-state index in [1.807, 2.05) is 6.92 Å². The van der Waals surface area contributed by atoms with E-state index >= 15 is 0 Å². The average Bonchev–Trinajstić information content (AvgIpc) is 2.64. The van der Waals surface area contributed by atoms with E-state index in [-0.39, 0.29) is 24.3 Å². The molecule has 102 valence electrons. The van der Waals surface area contributed by atoms with Gasteiger partial charge in [0.2, 0.25) is 0 Å². The van der Waals surface area contributed by atoms with Gasteiger partial charge in [0.1, 0.15) is 0 Å². The third-order valence-corrected chi connectivity index (χ3v) is 3.25. The molecular formula is C14H17NO4. The number of carbonyl (C=O) groups is 2. The fourth-order valence-electron chi connectivity index (χ4n) is 2.23. The lowest BCUT2D eigenvalue weighted by Crippen LogP contribution is -2.35. The minimum Gasteiger partial charge on any atom is -0.368 e. The molecule has 0 bridgehead atoms. The Kier molecular flexibility index (Phi) is 3.97. The Bertz CT molecular complexity index is 465. The third kappa shape index (κ3) is 2.67. The summed E-state index contributed by atoms with van der Waals surface area (Å²) in [6, 6.07) is 6.80. The van der Waals surface area contributed by atoms with Crippen LogP contribution < -0.4 is 0 Å². The molecule has 2 rings (SSSR count). The maximum atomic E-state index is 12.1. The van der Waals surface area contributed by atoms with Crippen molar-refractivity contribution in [2.24, 2.45) is 5.92 Å². The van der Waals surface area contributed by atoms with Crippen molar-refractivity contribution in [3.05, 3.63) is 35.4 Å². The first kappa shape index (κ1) is 13.7. The first-order valence-corrected chi connectivity index (χ1v) is 6.20. The number of amides is 2. The second-order valence-corrected chi connectivity index (χ2v) is 4.80. The lowest BCUT2D eigenvalue weighted by atomic mass is 10.1. The number of aliphatic hydroxyl groups excluding tert-OH is 1. The Hall–Kier alpha value is -1.72. The minimum atomic E-state index is -0.870. The molecule has 0 spiro atoms. The van der Waals surface area contributed by atoms with Gasteiger partial charge in [0.05, 0.1) is 11.1 Å². The average molecular weight is 263 g/mol. The maximum Gasteiger partial charge on any atom is 0.261 e. The van der Waals surface area contributed by atoms with Gasteiger partial charge in [0.15, 0.2) is 6.29 Å². The number of rotatable bonds is 5. The lowest BCUT2D eigenvalue weighted by molar-refractivity contribution is -0.0868. The molecule has 0 saturated heterocycles. The Balaban J connectivity index is 2.08. The number of benzene rings is 1. The summed E-state index contributed by atoms with van der Waals surface area (Å²) >= 11 is 0. The molecule has 2 unspecified atom stereocenters. The molecule has 1 aromatic rings. The number of hydrogen-bond donors (Lipinski definition) is 1. The molecule has 1 aromatic carbocycles. The standard InChI is InChI=1S/C14H17NO4/c1-9(7-12(16)19-2)8-15-13(17)10-5-3-4-6-11(10)14(15)18/h3-6,9,12,16H,7-8H2,1-2H3. The van der Waals surface area contributed by atoms with Crippen molar-refractivity contribution in [3.8, 4) is 0 Å². The van der Waals surface area contributed by atoms with Gasteiger partial charge in [0.25, 0.3) is 11.8 Å². The van der Waals surface area contributed by atoms with Gasteiger partial charge in [-0.05, 0) is 18.1 Å². The highest BCUT2D eigenvalue weighted by atomic mass is 16.6. The first-order valence-electron chi connectivity index (χ1n) is 6.20. The predicted molar refractivity (Wildman–Crippen MR) is 68.6 cm³/mol. The van der Waals surface area contributed by atoms with E-state index in [9.17, 15) is 14.7 Å². The van der Waals surface area contributed by atoms with Crippen LogP contribution >= 0.6 is 0 Å². The third-order valence-electron chi connectivity index (χ3n) is 3.25. The quantitative estimate of drug-likeness (QED) is 0.642. The molecule has 2 amide bonds. The van der Waals surface area contributed by atoms with Crippen molar-refractivity contribution in [2.45, 2.75) is 19.6 Å². The molecule has 5 heteroatoms. The van der Waals surface area contributed by atoms with E-state index in [1.165, 1.54) is 12.0 Å². The van der Waals surface area contributed by atoms with E-state index in [2.05, 4.69) is 0 Å². The van der Waals surface area contributed by atoms with Crippen LogP contribution in [0.4, 0.5) is 0 Å². The van der Waals surface area contributed by atoms with Crippen LogP contribution in [0.1, 0.15) is 34.1 Å². The molecule has 0 radical (unpaired) electrons. The first-order chi connectivity index (χ1) is 9.04. The summed E-state index contributed by atoms with van der Waals surface area (Å²) in [5.74, 6) is -0.559. The van der Waals surface area contributed by atoms with Gasteiger partial charge in [-0.1, -0.05) is 19.1 Å². The fourth-order valence-corrected chi connectivity index (χ4v) is 2.23. The van der Waals surface area contributed by atoms with Crippen molar-refractivity contribution in [1.82, 2.24) is 4.90 Å². The maximum absolute atomic E-state index is 12.1. The molecule has 0 saturated carbocycles. The molecule has 1 aliphatic rings. The van der Waals surface area contributed by atoms with Crippen molar-refractivity contribution in [2.75, 3.05) is 13.7 Å². The van der Waals surface area contributed by atoms with Crippen LogP contribution in [0.5, 0.6) is 0 Å². The van der Waals surface area contributed by atoms with Gasteiger partial charge < -0.3 is 9.84 Å². The second kappa shape index (κ2) is 5.50. The van der Waals surface area contributed by atoms with Crippen LogP contribution in [0.3, 0.4) is 0 Å². The molecule has 0 fully saturated rings. The number of carbonyl (C=O) groups excluding carboxylic acids is 2. The smallest absolute Gasteiger partial charge is 0.261 e. The van der Waals surface area contributed by atoms with Gasteiger partial charge >= 0.3 is 0 Å². The fraction of sp³-hybridized carbons (Fsp3) is 0.429. The van der Waals surface area contributed by atoms with E-state index in [1.54, 1.807) is 24.3 Å². The molecular weight excluding hydrogens is 246 g/mol. The van der Waals surface area contributed by atoms with Crippen molar-refractivity contribution in [3.63, 3.8) is 0 Å².